The lowest BCUT2D eigenvalue weighted by molar-refractivity contribution is -0.140. The lowest BCUT2D eigenvalue weighted by atomic mass is 10.0. The Morgan fingerprint density at radius 2 is 1.51 bits per heavy atom. The fourth-order valence-electron chi connectivity index (χ4n) is 4.39. The highest BCUT2D eigenvalue weighted by molar-refractivity contribution is 7.92. The van der Waals surface area contributed by atoms with Gasteiger partial charge in [-0.25, -0.2) is 8.42 Å². The van der Waals surface area contributed by atoms with Crippen molar-refractivity contribution in [2.45, 2.75) is 53.1 Å². The molecule has 3 aromatic rings. The van der Waals surface area contributed by atoms with Gasteiger partial charge >= 0.3 is 0 Å². The van der Waals surface area contributed by atoms with Gasteiger partial charge in [-0.1, -0.05) is 79.2 Å². The summed E-state index contributed by atoms with van der Waals surface area (Å²) in [6.07, 6.45) is 2.16. The van der Waals surface area contributed by atoms with Crippen LogP contribution in [0.1, 0.15) is 41.2 Å². The van der Waals surface area contributed by atoms with Crippen LogP contribution in [0.2, 0.25) is 0 Å². The quantitative estimate of drug-likeness (QED) is 0.359. The predicted octanol–water partition coefficient (Wildman–Crippen LogP) is 4.54. The van der Waals surface area contributed by atoms with E-state index in [1.165, 1.54) is 4.90 Å². The largest absolute Gasteiger partial charge is 0.354 e. The van der Waals surface area contributed by atoms with Gasteiger partial charge in [-0.05, 0) is 55.5 Å². The normalized spacial score (nSPS) is 12.0. The molecular weight excluding hydrogens is 510 g/mol. The van der Waals surface area contributed by atoms with Crippen LogP contribution in [0.25, 0.3) is 0 Å². The van der Waals surface area contributed by atoms with Crippen LogP contribution < -0.4 is 9.62 Å². The van der Waals surface area contributed by atoms with Crippen molar-refractivity contribution in [3.05, 3.63) is 101 Å². The zero-order valence-electron chi connectivity index (χ0n) is 23.5. The molecule has 0 aliphatic rings. The fourth-order valence-corrected chi connectivity index (χ4v) is 5.29. The molecule has 0 aromatic heterocycles. The smallest absolute Gasteiger partial charge is 0.244 e. The first kappa shape index (κ1) is 29.9. The molecule has 0 saturated carbocycles. The number of hydrogen-bond acceptors (Lipinski definition) is 4. The highest BCUT2D eigenvalue weighted by Crippen LogP contribution is 2.25. The molecule has 8 heteroatoms. The van der Waals surface area contributed by atoms with Crippen molar-refractivity contribution in [1.82, 2.24) is 10.2 Å². The number of carbonyl (C=O) groups is 2. The average molecular weight is 550 g/mol. The molecule has 0 fully saturated rings. The summed E-state index contributed by atoms with van der Waals surface area (Å²) < 4.78 is 27.1. The maximum atomic E-state index is 14.1. The molecular formula is C31H39N3O4S. The van der Waals surface area contributed by atoms with Gasteiger partial charge < -0.3 is 10.2 Å². The van der Waals surface area contributed by atoms with Crippen molar-refractivity contribution in [2.75, 3.05) is 23.7 Å². The van der Waals surface area contributed by atoms with Crippen LogP contribution in [0.4, 0.5) is 5.69 Å². The molecule has 0 radical (unpaired) electrons. The Balaban J connectivity index is 2.06. The number of anilines is 1. The first-order valence-electron chi connectivity index (χ1n) is 13.2. The summed E-state index contributed by atoms with van der Waals surface area (Å²) in [7, 11) is -3.80. The Hall–Kier alpha value is -3.65. The maximum absolute atomic E-state index is 14.1. The minimum Gasteiger partial charge on any atom is -0.354 e. The third kappa shape index (κ3) is 8.42. The van der Waals surface area contributed by atoms with E-state index in [4.69, 9.17) is 0 Å². The van der Waals surface area contributed by atoms with Crippen LogP contribution in [-0.4, -0.2) is 50.5 Å². The molecule has 3 aromatic carbocycles. The minimum absolute atomic E-state index is 0.167. The molecule has 208 valence electrons. The topological polar surface area (TPSA) is 86.8 Å². The van der Waals surface area contributed by atoms with Gasteiger partial charge in [0.1, 0.15) is 12.6 Å². The second-order valence-electron chi connectivity index (χ2n) is 10.1. The number of nitrogens with zero attached hydrogens (tertiary/aromatic N) is 2. The third-order valence-corrected chi connectivity index (χ3v) is 7.73. The molecule has 1 N–H and O–H groups in total. The molecule has 0 aliphatic heterocycles. The van der Waals surface area contributed by atoms with Crippen LogP contribution >= 0.6 is 0 Å². The fraction of sp³-hybridized carbons (Fsp3) is 0.355. The average Bonchev–Trinajstić information content (AvgIpc) is 2.90. The highest BCUT2D eigenvalue weighted by atomic mass is 32.2. The number of hydrogen-bond donors (Lipinski definition) is 1. The molecule has 0 aliphatic carbocycles. The van der Waals surface area contributed by atoms with E-state index >= 15 is 0 Å². The molecule has 2 amide bonds. The van der Waals surface area contributed by atoms with Crippen molar-refractivity contribution < 1.29 is 18.0 Å². The van der Waals surface area contributed by atoms with Crippen molar-refractivity contribution in [2.24, 2.45) is 0 Å². The van der Waals surface area contributed by atoms with E-state index in [9.17, 15) is 18.0 Å². The summed E-state index contributed by atoms with van der Waals surface area (Å²) in [5.41, 5.74) is 4.92. The summed E-state index contributed by atoms with van der Waals surface area (Å²) >= 11 is 0. The second kappa shape index (κ2) is 13.4. The van der Waals surface area contributed by atoms with Gasteiger partial charge in [0.2, 0.25) is 21.8 Å². The van der Waals surface area contributed by atoms with Crippen LogP contribution in [0, 0.1) is 20.8 Å². The van der Waals surface area contributed by atoms with Crippen LogP contribution in [0.15, 0.2) is 72.8 Å². The van der Waals surface area contributed by atoms with E-state index in [2.05, 4.69) is 5.32 Å². The van der Waals surface area contributed by atoms with E-state index in [0.29, 0.717) is 18.7 Å². The number of sulfonamides is 1. The number of carbonyl (C=O) groups excluding carboxylic acids is 2. The van der Waals surface area contributed by atoms with Crippen LogP contribution in [0.3, 0.4) is 0 Å². The van der Waals surface area contributed by atoms with Gasteiger partial charge in [-0.3, -0.25) is 13.9 Å². The molecule has 1 atom stereocenters. The third-order valence-electron chi connectivity index (χ3n) is 6.61. The van der Waals surface area contributed by atoms with Gasteiger partial charge in [0.05, 0.1) is 11.9 Å². The number of amides is 2. The van der Waals surface area contributed by atoms with Crippen molar-refractivity contribution in [3.8, 4) is 0 Å². The van der Waals surface area contributed by atoms with E-state index in [0.717, 1.165) is 44.8 Å². The van der Waals surface area contributed by atoms with Gasteiger partial charge in [0.15, 0.2) is 0 Å². The minimum atomic E-state index is -3.80. The highest BCUT2D eigenvalue weighted by Gasteiger charge is 2.33. The summed E-state index contributed by atoms with van der Waals surface area (Å²) in [5, 5.41) is 2.95. The Morgan fingerprint density at radius 1 is 0.872 bits per heavy atom. The number of benzene rings is 3. The molecule has 0 bridgehead atoms. The van der Waals surface area contributed by atoms with Gasteiger partial charge in [0.25, 0.3) is 0 Å². The first-order valence-corrected chi connectivity index (χ1v) is 15.1. The van der Waals surface area contributed by atoms with Gasteiger partial charge in [-0.15, -0.1) is 0 Å². The van der Waals surface area contributed by atoms with Crippen LogP contribution in [-0.2, 0) is 32.6 Å². The van der Waals surface area contributed by atoms with Crippen LogP contribution in [0.5, 0.6) is 0 Å². The van der Waals surface area contributed by atoms with E-state index in [1.807, 2.05) is 94.4 Å². The Morgan fingerprint density at radius 3 is 2.13 bits per heavy atom. The summed E-state index contributed by atoms with van der Waals surface area (Å²) in [6.45, 7) is 7.88. The Kier molecular flexibility index (Phi) is 10.3. The Bertz CT molecular complexity index is 1370. The Labute approximate surface area is 232 Å². The van der Waals surface area contributed by atoms with Crippen molar-refractivity contribution in [3.63, 3.8) is 0 Å². The number of nitrogens with one attached hydrogen (secondary N) is 1. The molecule has 0 unspecified atom stereocenters. The predicted molar refractivity (Wildman–Crippen MR) is 157 cm³/mol. The standard InChI is InChI=1S/C31H39N3O4S/c1-6-18-32-31(36)29(20-26-10-8-7-9-11-26)33(21-27-16-13-23(2)14-17-27)30(35)22-34(39(5,37)38)28-19-24(3)12-15-25(28)4/h7-17,19,29H,6,18,20-22H2,1-5H3,(H,32,36)/t29-/m0/s1. The lowest BCUT2D eigenvalue weighted by Gasteiger charge is -2.34. The SMILES string of the molecule is CCCNC(=O)[C@H](Cc1ccccc1)N(Cc1ccc(C)cc1)C(=O)CN(c1cc(C)ccc1C)S(C)(=O)=O. The molecule has 7 nitrogen and oxygen atoms in total. The summed E-state index contributed by atoms with van der Waals surface area (Å²) in [4.78, 5) is 29.1. The monoisotopic (exact) mass is 549 g/mol. The number of aryl methyl sites for hydroxylation is 3. The second-order valence-corrected chi connectivity index (χ2v) is 12.0. The zero-order valence-corrected chi connectivity index (χ0v) is 24.3. The molecule has 0 heterocycles. The molecule has 0 spiro atoms. The van der Waals surface area contributed by atoms with E-state index in [1.54, 1.807) is 6.07 Å². The van der Waals surface area contributed by atoms with Gasteiger partial charge in [0, 0.05) is 19.5 Å². The van der Waals surface area contributed by atoms with Crippen molar-refractivity contribution in [1.29, 1.82) is 0 Å². The van der Waals surface area contributed by atoms with E-state index in [-0.39, 0.29) is 12.5 Å². The van der Waals surface area contributed by atoms with Crippen molar-refractivity contribution >= 4 is 27.5 Å². The molecule has 0 saturated heterocycles. The first-order chi connectivity index (χ1) is 18.5. The summed E-state index contributed by atoms with van der Waals surface area (Å²) in [6, 6.07) is 22.0. The van der Waals surface area contributed by atoms with Gasteiger partial charge in [-0.2, -0.15) is 0 Å². The maximum Gasteiger partial charge on any atom is 0.244 e. The zero-order chi connectivity index (χ0) is 28.6. The molecule has 3 rings (SSSR count). The summed E-state index contributed by atoms with van der Waals surface area (Å²) in [5.74, 6) is -0.715. The molecule has 39 heavy (non-hydrogen) atoms. The number of rotatable bonds is 12. The lowest BCUT2D eigenvalue weighted by Crippen LogP contribution is -2.53. The van der Waals surface area contributed by atoms with E-state index < -0.39 is 28.5 Å².